The molecular formula is C19H25N9. The normalized spacial score (nSPS) is 17.5. The molecule has 2 aliphatic rings. The quantitative estimate of drug-likeness (QED) is 0.661. The standard InChI is InChI=1S/C19H25N9/c1-25(2)17-9-18(21-12-20-17)26(3)14-10-27(11-14)16-8-7-15-22-23-19(28(15)24-16)13-5-4-6-13/h7-9,12-14H,4-6,10-11H2,1-3H3. The van der Waals surface area contributed by atoms with Gasteiger partial charge in [0.1, 0.15) is 23.8 Å². The van der Waals surface area contributed by atoms with Gasteiger partial charge in [0.05, 0.1) is 6.04 Å². The van der Waals surface area contributed by atoms with Crippen molar-refractivity contribution in [1.82, 2.24) is 29.8 Å². The minimum Gasteiger partial charge on any atom is -0.363 e. The summed E-state index contributed by atoms with van der Waals surface area (Å²) in [4.78, 5) is 15.2. The van der Waals surface area contributed by atoms with Crippen LogP contribution in [0.4, 0.5) is 17.5 Å². The first-order chi connectivity index (χ1) is 13.6. The van der Waals surface area contributed by atoms with Gasteiger partial charge in [0.25, 0.3) is 0 Å². The summed E-state index contributed by atoms with van der Waals surface area (Å²) in [6.07, 6.45) is 5.29. The van der Waals surface area contributed by atoms with Crippen LogP contribution in [0.2, 0.25) is 0 Å². The van der Waals surface area contributed by atoms with Crippen molar-refractivity contribution in [3.8, 4) is 0 Å². The SMILES string of the molecule is CN(C)c1cc(N(C)C2CN(c3ccc4nnc(C5CCC5)n4n3)C2)ncn1. The summed E-state index contributed by atoms with van der Waals surface area (Å²) in [5.74, 6) is 4.36. The van der Waals surface area contributed by atoms with Gasteiger partial charge in [-0.1, -0.05) is 6.42 Å². The van der Waals surface area contributed by atoms with Crippen LogP contribution in [0.1, 0.15) is 31.0 Å². The van der Waals surface area contributed by atoms with E-state index in [0.29, 0.717) is 12.0 Å². The molecule has 9 heteroatoms. The van der Waals surface area contributed by atoms with Gasteiger partial charge in [-0.25, -0.2) is 9.97 Å². The number of nitrogens with zero attached hydrogens (tertiary/aromatic N) is 9. The van der Waals surface area contributed by atoms with Crippen LogP contribution in [0.5, 0.6) is 0 Å². The Morgan fingerprint density at radius 1 is 1.00 bits per heavy atom. The second-order valence-corrected chi connectivity index (χ2v) is 7.95. The molecule has 0 aromatic carbocycles. The van der Waals surface area contributed by atoms with Crippen molar-refractivity contribution < 1.29 is 0 Å². The molecule has 1 saturated carbocycles. The van der Waals surface area contributed by atoms with Crippen molar-refractivity contribution in [2.45, 2.75) is 31.2 Å². The Morgan fingerprint density at radius 2 is 1.79 bits per heavy atom. The molecular weight excluding hydrogens is 354 g/mol. The van der Waals surface area contributed by atoms with Crippen LogP contribution in [0.25, 0.3) is 5.65 Å². The number of hydrogen-bond acceptors (Lipinski definition) is 8. The van der Waals surface area contributed by atoms with Crippen molar-refractivity contribution in [3.63, 3.8) is 0 Å². The molecule has 1 aliphatic heterocycles. The van der Waals surface area contributed by atoms with Gasteiger partial charge >= 0.3 is 0 Å². The molecule has 0 radical (unpaired) electrons. The predicted octanol–water partition coefficient (Wildman–Crippen LogP) is 1.57. The Morgan fingerprint density at radius 3 is 2.50 bits per heavy atom. The van der Waals surface area contributed by atoms with Crippen molar-refractivity contribution in [1.29, 1.82) is 0 Å². The lowest BCUT2D eigenvalue weighted by Gasteiger charge is -2.45. The van der Waals surface area contributed by atoms with E-state index in [2.05, 4.69) is 37.0 Å². The molecule has 0 N–H and O–H groups in total. The molecule has 0 bridgehead atoms. The number of rotatable bonds is 5. The molecule has 9 nitrogen and oxygen atoms in total. The van der Waals surface area contributed by atoms with Gasteiger partial charge in [0, 0.05) is 46.2 Å². The van der Waals surface area contributed by atoms with Gasteiger partial charge in [-0.2, -0.15) is 4.52 Å². The van der Waals surface area contributed by atoms with Crippen LogP contribution in [-0.4, -0.2) is 70.1 Å². The highest BCUT2D eigenvalue weighted by Gasteiger charge is 2.33. The fourth-order valence-corrected chi connectivity index (χ4v) is 3.73. The topological polar surface area (TPSA) is 78.6 Å². The van der Waals surface area contributed by atoms with E-state index < -0.39 is 0 Å². The number of anilines is 3. The summed E-state index contributed by atoms with van der Waals surface area (Å²) in [5, 5.41) is 13.5. The lowest BCUT2D eigenvalue weighted by Crippen LogP contribution is -2.59. The lowest BCUT2D eigenvalue weighted by molar-refractivity contribution is 0.394. The maximum absolute atomic E-state index is 4.83. The van der Waals surface area contributed by atoms with Crippen molar-refractivity contribution in [2.75, 3.05) is 48.9 Å². The van der Waals surface area contributed by atoms with E-state index in [1.54, 1.807) is 6.33 Å². The molecule has 4 heterocycles. The van der Waals surface area contributed by atoms with Crippen molar-refractivity contribution in [2.24, 2.45) is 0 Å². The summed E-state index contributed by atoms with van der Waals surface area (Å²) in [6.45, 7) is 1.83. The van der Waals surface area contributed by atoms with E-state index in [1.165, 1.54) is 19.3 Å². The second kappa shape index (κ2) is 6.57. The zero-order valence-corrected chi connectivity index (χ0v) is 16.5. The molecule has 3 aromatic heterocycles. The average Bonchev–Trinajstić information content (AvgIpc) is 3.02. The van der Waals surface area contributed by atoms with E-state index in [-0.39, 0.29) is 0 Å². The van der Waals surface area contributed by atoms with Crippen molar-refractivity contribution >= 4 is 23.1 Å². The molecule has 146 valence electrons. The van der Waals surface area contributed by atoms with E-state index in [1.807, 2.05) is 41.7 Å². The zero-order valence-electron chi connectivity index (χ0n) is 16.5. The first kappa shape index (κ1) is 17.2. The van der Waals surface area contributed by atoms with Crippen molar-refractivity contribution in [3.05, 3.63) is 30.4 Å². The van der Waals surface area contributed by atoms with Gasteiger partial charge in [-0.05, 0) is 25.0 Å². The van der Waals surface area contributed by atoms with Crippen LogP contribution >= 0.6 is 0 Å². The zero-order chi connectivity index (χ0) is 19.3. The minimum absolute atomic E-state index is 0.398. The Kier molecular flexibility index (Phi) is 4.03. The molecule has 0 spiro atoms. The van der Waals surface area contributed by atoms with Gasteiger partial charge < -0.3 is 14.7 Å². The molecule has 1 saturated heterocycles. The summed E-state index contributed by atoms with van der Waals surface area (Å²) in [6, 6.07) is 6.48. The molecule has 1 aliphatic carbocycles. The number of fused-ring (bicyclic) bond motifs is 1. The Balaban J connectivity index is 1.30. The summed E-state index contributed by atoms with van der Waals surface area (Å²) in [7, 11) is 6.07. The monoisotopic (exact) mass is 379 g/mol. The number of likely N-dealkylation sites (N-methyl/N-ethyl adjacent to an activating group) is 1. The molecule has 0 atom stereocenters. The predicted molar refractivity (Wildman–Crippen MR) is 108 cm³/mol. The van der Waals surface area contributed by atoms with Gasteiger partial charge in [0.2, 0.25) is 0 Å². The van der Waals surface area contributed by atoms with E-state index in [0.717, 1.165) is 42.0 Å². The fourth-order valence-electron chi connectivity index (χ4n) is 3.73. The lowest BCUT2D eigenvalue weighted by atomic mass is 9.85. The fraction of sp³-hybridized carbons (Fsp3) is 0.526. The summed E-state index contributed by atoms with van der Waals surface area (Å²) >= 11 is 0. The summed E-state index contributed by atoms with van der Waals surface area (Å²) < 4.78 is 1.93. The van der Waals surface area contributed by atoms with E-state index >= 15 is 0 Å². The maximum Gasteiger partial charge on any atom is 0.178 e. The number of aromatic nitrogens is 6. The minimum atomic E-state index is 0.398. The van der Waals surface area contributed by atoms with Crippen LogP contribution in [-0.2, 0) is 0 Å². The van der Waals surface area contributed by atoms with E-state index in [4.69, 9.17) is 5.10 Å². The largest absolute Gasteiger partial charge is 0.363 e. The molecule has 3 aromatic rings. The van der Waals surface area contributed by atoms with Crippen LogP contribution in [0.3, 0.4) is 0 Å². The Bertz CT molecular complexity index is 988. The molecule has 5 rings (SSSR count). The van der Waals surface area contributed by atoms with Gasteiger partial charge in [-0.15, -0.1) is 15.3 Å². The third-order valence-electron chi connectivity index (χ3n) is 5.93. The van der Waals surface area contributed by atoms with Crippen LogP contribution < -0.4 is 14.7 Å². The smallest absolute Gasteiger partial charge is 0.178 e. The average molecular weight is 379 g/mol. The highest BCUT2D eigenvalue weighted by molar-refractivity contribution is 5.53. The van der Waals surface area contributed by atoms with Gasteiger partial charge in [0.15, 0.2) is 11.5 Å². The first-order valence-corrected chi connectivity index (χ1v) is 9.79. The number of hydrogen-bond donors (Lipinski definition) is 0. The highest BCUT2D eigenvalue weighted by atomic mass is 15.4. The summed E-state index contributed by atoms with van der Waals surface area (Å²) in [5.41, 5.74) is 0.831. The van der Waals surface area contributed by atoms with Crippen LogP contribution in [0, 0.1) is 0 Å². The van der Waals surface area contributed by atoms with Gasteiger partial charge in [-0.3, -0.25) is 0 Å². The van der Waals surface area contributed by atoms with Crippen LogP contribution in [0.15, 0.2) is 24.5 Å². The third-order valence-corrected chi connectivity index (χ3v) is 5.93. The second-order valence-electron chi connectivity index (χ2n) is 7.95. The Labute approximate surface area is 164 Å². The molecule has 0 unspecified atom stereocenters. The first-order valence-electron chi connectivity index (χ1n) is 9.79. The molecule has 0 amide bonds. The molecule has 2 fully saturated rings. The highest BCUT2D eigenvalue weighted by Crippen LogP contribution is 2.35. The molecule has 28 heavy (non-hydrogen) atoms. The van der Waals surface area contributed by atoms with E-state index in [9.17, 15) is 0 Å². The third kappa shape index (κ3) is 2.81. The maximum atomic E-state index is 4.83. The Hall–Kier alpha value is -2.97.